The quantitative estimate of drug-likeness (QED) is 0.673. The summed E-state index contributed by atoms with van der Waals surface area (Å²) >= 11 is 0.462. The number of carbonyl (C=O) groups excluding carboxylic acids is 1. The third kappa shape index (κ3) is 4.17. The summed E-state index contributed by atoms with van der Waals surface area (Å²) in [4.78, 5) is 17.1. The summed E-state index contributed by atoms with van der Waals surface area (Å²) in [6.07, 6.45) is 0. The van der Waals surface area contributed by atoms with Crippen LogP contribution in [0.3, 0.4) is 0 Å². The molecular formula is C18H17F2N3OS. The number of halogens is 2. The Kier molecular flexibility index (Phi) is 5.33. The van der Waals surface area contributed by atoms with Crippen molar-refractivity contribution in [2.75, 3.05) is 6.54 Å². The summed E-state index contributed by atoms with van der Waals surface area (Å²) in [6.45, 7) is 2.99. The van der Waals surface area contributed by atoms with Gasteiger partial charge in [0.05, 0.1) is 11.0 Å². The number of para-hydroxylation sites is 2. The van der Waals surface area contributed by atoms with Crippen molar-refractivity contribution in [3.63, 3.8) is 0 Å². The minimum atomic E-state index is -2.46. The molecule has 3 aromatic rings. The molecule has 0 radical (unpaired) electrons. The highest BCUT2D eigenvalue weighted by Gasteiger charge is 2.10. The second-order valence-corrected chi connectivity index (χ2v) is 6.52. The van der Waals surface area contributed by atoms with Crippen LogP contribution in [0.2, 0.25) is 0 Å². The molecule has 1 N–H and O–H groups in total. The predicted octanol–water partition coefficient (Wildman–Crippen LogP) is 4.09. The fraction of sp³-hybridized carbons (Fsp3) is 0.222. The standard InChI is InChI=1S/C18H17F2N3OS/c1-12-22-15-4-2-3-5-16(15)23(12)11-10-21-17(24)13-6-8-14(9-7-13)25-18(19)20/h2-9,18H,10-11H2,1H3,(H,21,24). The molecule has 0 saturated carbocycles. The predicted molar refractivity (Wildman–Crippen MR) is 95.1 cm³/mol. The molecule has 0 saturated heterocycles. The van der Waals surface area contributed by atoms with Crippen molar-refractivity contribution in [3.8, 4) is 0 Å². The molecule has 0 fully saturated rings. The number of nitrogens with one attached hydrogen (secondary N) is 1. The molecule has 130 valence electrons. The number of carbonyl (C=O) groups is 1. The fourth-order valence-electron chi connectivity index (χ4n) is 2.65. The van der Waals surface area contributed by atoms with E-state index >= 15 is 0 Å². The number of aromatic nitrogens is 2. The van der Waals surface area contributed by atoms with Crippen LogP contribution in [0.4, 0.5) is 8.78 Å². The minimum absolute atomic E-state index is 0.226. The van der Waals surface area contributed by atoms with Crippen molar-refractivity contribution in [1.29, 1.82) is 0 Å². The maximum Gasteiger partial charge on any atom is 0.288 e. The van der Waals surface area contributed by atoms with E-state index in [-0.39, 0.29) is 5.91 Å². The number of hydrogen-bond acceptors (Lipinski definition) is 3. The van der Waals surface area contributed by atoms with Crippen molar-refractivity contribution in [3.05, 3.63) is 59.9 Å². The van der Waals surface area contributed by atoms with Crippen LogP contribution < -0.4 is 5.32 Å². The van der Waals surface area contributed by atoms with Crippen LogP contribution in [0.1, 0.15) is 16.2 Å². The molecule has 0 aliphatic heterocycles. The van der Waals surface area contributed by atoms with Gasteiger partial charge in [-0.05, 0) is 43.3 Å². The zero-order valence-corrected chi connectivity index (χ0v) is 14.4. The van der Waals surface area contributed by atoms with Crippen LogP contribution in [-0.2, 0) is 6.54 Å². The lowest BCUT2D eigenvalue weighted by molar-refractivity contribution is 0.0952. The van der Waals surface area contributed by atoms with Gasteiger partial charge < -0.3 is 9.88 Å². The Morgan fingerprint density at radius 1 is 1.20 bits per heavy atom. The van der Waals surface area contributed by atoms with Gasteiger partial charge in [-0.2, -0.15) is 8.78 Å². The number of alkyl halides is 2. The molecule has 25 heavy (non-hydrogen) atoms. The molecular weight excluding hydrogens is 344 g/mol. The summed E-state index contributed by atoms with van der Waals surface area (Å²) in [6, 6.07) is 14.0. The average Bonchev–Trinajstić information content (AvgIpc) is 2.90. The smallest absolute Gasteiger partial charge is 0.288 e. The van der Waals surface area contributed by atoms with Crippen LogP contribution >= 0.6 is 11.8 Å². The number of thioether (sulfide) groups is 1. The molecule has 7 heteroatoms. The molecule has 1 heterocycles. The summed E-state index contributed by atoms with van der Waals surface area (Å²) in [7, 11) is 0. The monoisotopic (exact) mass is 361 g/mol. The van der Waals surface area contributed by atoms with E-state index in [1.54, 1.807) is 12.1 Å². The number of aryl methyl sites for hydroxylation is 1. The second kappa shape index (κ2) is 7.65. The number of rotatable bonds is 6. The highest BCUT2D eigenvalue weighted by molar-refractivity contribution is 7.99. The van der Waals surface area contributed by atoms with E-state index in [1.165, 1.54) is 12.1 Å². The summed E-state index contributed by atoms with van der Waals surface area (Å²) in [5, 5.41) is 2.85. The lowest BCUT2D eigenvalue weighted by Crippen LogP contribution is -2.27. The van der Waals surface area contributed by atoms with Gasteiger partial charge in [0.2, 0.25) is 0 Å². The van der Waals surface area contributed by atoms with Crippen molar-refractivity contribution in [2.45, 2.75) is 24.1 Å². The van der Waals surface area contributed by atoms with Gasteiger partial charge >= 0.3 is 0 Å². The van der Waals surface area contributed by atoms with E-state index in [0.717, 1.165) is 16.9 Å². The maximum absolute atomic E-state index is 12.3. The minimum Gasteiger partial charge on any atom is -0.350 e. The first kappa shape index (κ1) is 17.4. The summed E-state index contributed by atoms with van der Waals surface area (Å²) in [5.74, 6) is -1.80. The van der Waals surface area contributed by atoms with Gasteiger partial charge in [0.1, 0.15) is 5.82 Å². The molecule has 3 rings (SSSR count). The average molecular weight is 361 g/mol. The molecule has 0 aliphatic rings. The Morgan fingerprint density at radius 2 is 1.92 bits per heavy atom. The Bertz CT molecular complexity index is 878. The zero-order chi connectivity index (χ0) is 17.8. The number of nitrogens with zero attached hydrogens (tertiary/aromatic N) is 2. The molecule has 1 aromatic heterocycles. The van der Waals surface area contributed by atoms with Gasteiger partial charge in [0.15, 0.2) is 0 Å². The second-order valence-electron chi connectivity index (χ2n) is 5.46. The van der Waals surface area contributed by atoms with E-state index in [2.05, 4.69) is 14.9 Å². The molecule has 0 spiro atoms. The molecule has 0 bridgehead atoms. The van der Waals surface area contributed by atoms with Gasteiger partial charge in [0, 0.05) is 23.5 Å². The number of imidazole rings is 1. The Labute approximate surface area is 148 Å². The van der Waals surface area contributed by atoms with Crippen molar-refractivity contribution < 1.29 is 13.6 Å². The molecule has 0 aliphatic carbocycles. The van der Waals surface area contributed by atoms with E-state index in [9.17, 15) is 13.6 Å². The first-order valence-corrected chi connectivity index (χ1v) is 8.67. The molecule has 4 nitrogen and oxygen atoms in total. The van der Waals surface area contributed by atoms with Gasteiger partial charge in [-0.3, -0.25) is 4.79 Å². The Morgan fingerprint density at radius 3 is 2.64 bits per heavy atom. The third-order valence-electron chi connectivity index (χ3n) is 3.81. The fourth-order valence-corrected chi connectivity index (χ4v) is 3.15. The van der Waals surface area contributed by atoms with Crippen molar-refractivity contribution in [1.82, 2.24) is 14.9 Å². The van der Waals surface area contributed by atoms with Gasteiger partial charge in [0.25, 0.3) is 11.7 Å². The van der Waals surface area contributed by atoms with Crippen LogP contribution in [0.25, 0.3) is 11.0 Å². The highest BCUT2D eigenvalue weighted by Crippen LogP contribution is 2.25. The van der Waals surface area contributed by atoms with E-state index in [1.807, 2.05) is 31.2 Å². The summed E-state index contributed by atoms with van der Waals surface area (Å²) < 4.78 is 26.7. The first-order valence-electron chi connectivity index (χ1n) is 7.79. The lowest BCUT2D eigenvalue weighted by atomic mass is 10.2. The SMILES string of the molecule is Cc1nc2ccccc2n1CCNC(=O)c1ccc(SC(F)F)cc1. The van der Waals surface area contributed by atoms with Gasteiger partial charge in [-0.1, -0.05) is 23.9 Å². The highest BCUT2D eigenvalue weighted by atomic mass is 32.2. The topological polar surface area (TPSA) is 46.9 Å². The van der Waals surface area contributed by atoms with E-state index in [4.69, 9.17) is 0 Å². The zero-order valence-electron chi connectivity index (χ0n) is 13.6. The third-order valence-corrected chi connectivity index (χ3v) is 4.53. The van der Waals surface area contributed by atoms with Gasteiger partial charge in [-0.25, -0.2) is 4.98 Å². The number of amides is 1. The number of hydrogen-bond donors (Lipinski definition) is 1. The molecule has 1 amide bonds. The Hall–Kier alpha value is -2.41. The normalized spacial score (nSPS) is 11.2. The molecule has 0 unspecified atom stereocenters. The maximum atomic E-state index is 12.3. The van der Waals surface area contributed by atoms with Crippen LogP contribution in [0.15, 0.2) is 53.4 Å². The lowest BCUT2D eigenvalue weighted by Gasteiger charge is -2.09. The first-order chi connectivity index (χ1) is 12.0. The van der Waals surface area contributed by atoms with Crippen molar-refractivity contribution >= 4 is 28.7 Å². The van der Waals surface area contributed by atoms with Crippen LogP contribution in [-0.4, -0.2) is 27.8 Å². The van der Waals surface area contributed by atoms with E-state index < -0.39 is 5.76 Å². The number of fused-ring (bicyclic) bond motifs is 1. The summed E-state index contributed by atoms with van der Waals surface area (Å²) in [5.41, 5.74) is 2.41. The number of benzene rings is 2. The largest absolute Gasteiger partial charge is 0.350 e. The van der Waals surface area contributed by atoms with Crippen molar-refractivity contribution in [2.24, 2.45) is 0 Å². The molecule has 0 atom stereocenters. The van der Waals surface area contributed by atoms with Crippen LogP contribution in [0.5, 0.6) is 0 Å². The molecule has 2 aromatic carbocycles. The van der Waals surface area contributed by atoms with E-state index in [0.29, 0.717) is 35.3 Å². The van der Waals surface area contributed by atoms with Crippen LogP contribution in [0, 0.1) is 6.92 Å². The van der Waals surface area contributed by atoms with Gasteiger partial charge in [-0.15, -0.1) is 0 Å². The Balaban J connectivity index is 1.59.